The summed E-state index contributed by atoms with van der Waals surface area (Å²) >= 11 is 14.0. The molecule has 0 spiro atoms. The van der Waals surface area contributed by atoms with Gasteiger partial charge in [-0.25, -0.2) is 0 Å². The summed E-state index contributed by atoms with van der Waals surface area (Å²) in [7, 11) is 0. The highest BCUT2D eigenvalue weighted by Crippen LogP contribution is 2.31. The number of halogens is 4. The predicted octanol–water partition coefficient (Wildman–Crippen LogP) is 6.79. The average molecular weight is 514 g/mol. The van der Waals surface area contributed by atoms with Crippen molar-refractivity contribution < 1.29 is 4.74 Å². The highest BCUT2D eigenvalue weighted by atomic mass is 79.9. The third-order valence-corrected chi connectivity index (χ3v) is 5.26. The van der Waals surface area contributed by atoms with Crippen LogP contribution in [0.15, 0.2) is 45.3 Å². The van der Waals surface area contributed by atoms with E-state index in [0.29, 0.717) is 0 Å². The Balaban J connectivity index is 2.21. The van der Waals surface area contributed by atoms with E-state index in [1.54, 1.807) is 0 Å². The van der Waals surface area contributed by atoms with Gasteiger partial charge in [0.2, 0.25) is 0 Å². The molecule has 0 aliphatic rings. The Kier molecular flexibility index (Phi) is 5.93. The topological polar surface area (TPSA) is 9.23 Å². The van der Waals surface area contributed by atoms with Crippen molar-refractivity contribution in [1.29, 1.82) is 0 Å². The molecule has 0 aromatic heterocycles. The lowest BCUT2D eigenvalue weighted by Gasteiger charge is -2.09. The number of benzene rings is 2. The van der Waals surface area contributed by atoms with Gasteiger partial charge in [-0.05, 0) is 35.4 Å². The SMILES string of the molecule is BrCc1ccc(Oc2ccc(CBr)c(Br)c2)cc1Br. The summed E-state index contributed by atoms with van der Waals surface area (Å²) < 4.78 is 7.93. The molecule has 0 atom stereocenters. The summed E-state index contributed by atoms with van der Waals surface area (Å²) in [6.45, 7) is 0. The van der Waals surface area contributed by atoms with Gasteiger partial charge in [-0.15, -0.1) is 0 Å². The summed E-state index contributed by atoms with van der Waals surface area (Å²) in [6.07, 6.45) is 0. The predicted molar refractivity (Wildman–Crippen MR) is 93.6 cm³/mol. The normalized spacial score (nSPS) is 10.5. The van der Waals surface area contributed by atoms with Gasteiger partial charge in [0.1, 0.15) is 11.5 Å². The molecule has 0 aliphatic carbocycles. The lowest BCUT2D eigenvalue weighted by molar-refractivity contribution is 0.481. The van der Waals surface area contributed by atoms with E-state index in [9.17, 15) is 0 Å². The van der Waals surface area contributed by atoms with Gasteiger partial charge in [0.25, 0.3) is 0 Å². The van der Waals surface area contributed by atoms with Gasteiger partial charge >= 0.3 is 0 Å². The number of ether oxygens (including phenoxy) is 1. The Hall–Kier alpha value is 0.160. The molecule has 100 valence electrons. The second-order valence-corrected chi connectivity index (χ2v) is 6.71. The van der Waals surface area contributed by atoms with Crippen molar-refractivity contribution >= 4 is 63.7 Å². The van der Waals surface area contributed by atoms with Crippen molar-refractivity contribution in [3.8, 4) is 11.5 Å². The second kappa shape index (κ2) is 7.25. The van der Waals surface area contributed by atoms with Crippen LogP contribution in [0.5, 0.6) is 11.5 Å². The van der Waals surface area contributed by atoms with Gasteiger partial charge in [-0.3, -0.25) is 0 Å². The van der Waals surface area contributed by atoms with Gasteiger partial charge in [0.15, 0.2) is 0 Å². The molecule has 19 heavy (non-hydrogen) atoms. The number of hydrogen-bond donors (Lipinski definition) is 0. The van der Waals surface area contributed by atoms with Gasteiger partial charge in [0.05, 0.1) is 0 Å². The third-order valence-electron chi connectivity index (χ3n) is 2.57. The van der Waals surface area contributed by atoms with Gasteiger partial charge < -0.3 is 4.74 Å². The second-order valence-electron chi connectivity index (χ2n) is 3.88. The van der Waals surface area contributed by atoms with Crippen molar-refractivity contribution in [2.45, 2.75) is 10.7 Å². The van der Waals surface area contributed by atoms with E-state index < -0.39 is 0 Å². The Morgan fingerprint density at radius 2 is 1.16 bits per heavy atom. The molecule has 0 bridgehead atoms. The average Bonchev–Trinajstić information content (AvgIpc) is 2.39. The van der Waals surface area contributed by atoms with Crippen LogP contribution in [0.4, 0.5) is 0 Å². The minimum Gasteiger partial charge on any atom is -0.457 e. The van der Waals surface area contributed by atoms with Crippen LogP contribution in [0.2, 0.25) is 0 Å². The van der Waals surface area contributed by atoms with Crippen LogP contribution in [0.3, 0.4) is 0 Å². The minimum atomic E-state index is 0.815. The lowest BCUT2D eigenvalue weighted by atomic mass is 10.2. The Morgan fingerprint density at radius 1 is 0.737 bits per heavy atom. The number of rotatable bonds is 4. The van der Waals surface area contributed by atoms with Crippen molar-refractivity contribution in [2.75, 3.05) is 0 Å². The summed E-state index contributed by atoms with van der Waals surface area (Å²) in [6, 6.07) is 12.0. The van der Waals surface area contributed by atoms with Crippen molar-refractivity contribution in [1.82, 2.24) is 0 Å². The van der Waals surface area contributed by atoms with E-state index in [0.717, 1.165) is 31.1 Å². The van der Waals surface area contributed by atoms with E-state index in [2.05, 4.69) is 63.7 Å². The maximum Gasteiger partial charge on any atom is 0.128 e. The fourth-order valence-electron chi connectivity index (χ4n) is 1.54. The van der Waals surface area contributed by atoms with Crippen molar-refractivity contribution in [3.05, 3.63) is 56.5 Å². The molecule has 0 saturated carbocycles. The molecule has 0 amide bonds. The van der Waals surface area contributed by atoms with Crippen LogP contribution in [-0.2, 0) is 10.7 Å². The molecular formula is C14H10Br4O. The molecule has 0 heterocycles. The van der Waals surface area contributed by atoms with Gasteiger partial charge in [-0.1, -0.05) is 75.9 Å². The fourth-order valence-corrected chi connectivity index (χ4v) is 4.26. The Bertz CT molecular complexity index is 532. The lowest BCUT2D eigenvalue weighted by Crippen LogP contribution is -1.88. The zero-order valence-electron chi connectivity index (χ0n) is 9.80. The van der Waals surface area contributed by atoms with Crippen LogP contribution >= 0.6 is 63.7 Å². The molecule has 1 nitrogen and oxygen atoms in total. The molecule has 0 saturated heterocycles. The Morgan fingerprint density at radius 3 is 1.47 bits per heavy atom. The third kappa shape index (κ3) is 4.06. The summed E-state index contributed by atoms with van der Waals surface area (Å²) in [5, 5.41) is 1.64. The maximum atomic E-state index is 5.85. The molecular weight excluding hydrogens is 504 g/mol. The number of alkyl halides is 2. The van der Waals surface area contributed by atoms with E-state index in [4.69, 9.17) is 4.74 Å². The highest BCUT2D eigenvalue weighted by molar-refractivity contribution is 9.11. The highest BCUT2D eigenvalue weighted by Gasteiger charge is 2.05. The first-order valence-electron chi connectivity index (χ1n) is 5.50. The molecule has 0 aliphatic heterocycles. The van der Waals surface area contributed by atoms with Gasteiger partial charge in [0, 0.05) is 19.6 Å². The van der Waals surface area contributed by atoms with Crippen molar-refractivity contribution in [2.24, 2.45) is 0 Å². The number of hydrogen-bond acceptors (Lipinski definition) is 1. The van der Waals surface area contributed by atoms with Crippen LogP contribution in [0.25, 0.3) is 0 Å². The zero-order valence-corrected chi connectivity index (χ0v) is 16.1. The monoisotopic (exact) mass is 510 g/mol. The molecule has 0 N–H and O–H groups in total. The van der Waals surface area contributed by atoms with E-state index in [1.165, 1.54) is 11.1 Å². The molecule has 2 aromatic carbocycles. The molecule has 0 radical (unpaired) electrons. The first-order valence-corrected chi connectivity index (χ1v) is 9.33. The largest absolute Gasteiger partial charge is 0.457 e. The van der Waals surface area contributed by atoms with Crippen LogP contribution < -0.4 is 4.74 Å². The van der Waals surface area contributed by atoms with E-state index in [1.807, 2.05) is 36.4 Å². The molecule has 2 aromatic rings. The minimum absolute atomic E-state index is 0.815. The first kappa shape index (κ1) is 15.5. The van der Waals surface area contributed by atoms with Gasteiger partial charge in [-0.2, -0.15) is 0 Å². The zero-order chi connectivity index (χ0) is 13.8. The fraction of sp³-hybridized carbons (Fsp3) is 0.143. The molecule has 0 unspecified atom stereocenters. The molecule has 0 fully saturated rings. The van der Waals surface area contributed by atoms with E-state index >= 15 is 0 Å². The van der Waals surface area contributed by atoms with E-state index in [-0.39, 0.29) is 0 Å². The summed E-state index contributed by atoms with van der Waals surface area (Å²) in [4.78, 5) is 0. The standard InChI is InChI=1S/C14H10Br4O/c15-7-9-1-3-11(5-13(9)17)19-12-4-2-10(8-16)14(18)6-12/h1-6H,7-8H2. The summed E-state index contributed by atoms with van der Waals surface area (Å²) in [5.41, 5.74) is 2.39. The summed E-state index contributed by atoms with van der Waals surface area (Å²) in [5.74, 6) is 1.63. The Labute approximate surface area is 146 Å². The van der Waals surface area contributed by atoms with Crippen LogP contribution in [-0.4, -0.2) is 0 Å². The smallest absolute Gasteiger partial charge is 0.128 e. The molecule has 5 heteroatoms. The quantitative estimate of drug-likeness (QED) is 0.409. The first-order chi connectivity index (χ1) is 9.13. The molecule has 2 rings (SSSR count). The van der Waals surface area contributed by atoms with Crippen molar-refractivity contribution in [3.63, 3.8) is 0 Å². The van der Waals surface area contributed by atoms with Crippen LogP contribution in [0.1, 0.15) is 11.1 Å². The van der Waals surface area contributed by atoms with Crippen LogP contribution in [0, 0.1) is 0 Å². The maximum absolute atomic E-state index is 5.85.